The smallest absolute Gasteiger partial charge is 0.433 e. The Morgan fingerprint density at radius 1 is 1.42 bits per heavy atom. The normalized spacial score (nSPS) is 17.8. The van der Waals surface area contributed by atoms with Crippen LogP contribution in [-0.2, 0) is 31.0 Å². The third-order valence-electron chi connectivity index (χ3n) is 3.95. The predicted octanol–water partition coefficient (Wildman–Crippen LogP) is 0.807. The maximum Gasteiger partial charge on any atom is 0.433 e. The van der Waals surface area contributed by atoms with E-state index in [4.69, 9.17) is 0 Å². The monoisotopic (exact) mass is 345 g/mol. The highest BCUT2D eigenvalue weighted by atomic mass is 19.4. The first kappa shape index (κ1) is 16.3. The van der Waals surface area contributed by atoms with Gasteiger partial charge in [0.2, 0.25) is 0 Å². The zero-order valence-electron chi connectivity index (χ0n) is 12.6. The Balaban J connectivity index is 1.96. The van der Waals surface area contributed by atoms with Crippen LogP contribution < -0.4 is 5.69 Å². The number of carboxylic acids is 1. The van der Waals surface area contributed by atoms with Gasteiger partial charge in [-0.1, -0.05) is 0 Å². The van der Waals surface area contributed by atoms with Crippen molar-refractivity contribution in [3.05, 3.63) is 33.8 Å². The van der Waals surface area contributed by atoms with Crippen LogP contribution in [0.15, 0.2) is 10.9 Å². The lowest BCUT2D eigenvalue weighted by molar-refractivity contribution is -0.144. The van der Waals surface area contributed by atoms with Crippen molar-refractivity contribution in [1.82, 2.24) is 24.1 Å². The Bertz CT molecular complexity index is 848. The number of hydrogen-bond donors (Lipinski definition) is 1. The van der Waals surface area contributed by atoms with E-state index in [2.05, 4.69) is 10.2 Å². The van der Waals surface area contributed by atoms with Crippen molar-refractivity contribution in [2.75, 3.05) is 0 Å². The van der Waals surface area contributed by atoms with Crippen LogP contribution in [0.2, 0.25) is 0 Å². The van der Waals surface area contributed by atoms with Gasteiger partial charge in [-0.3, -0.25) is 9.25 Å². The van der Waals surface area contributed by atoms with Gasteiger partial charge in [-0.2, -0.15) is 23.4 Å². The predicted molar refractivity (Wildman–Crippen MR) is 73.4 cm³/mol. The Labute approximate surface area is 133 Å². The van der Waals surface area contributed by atoms with Gasteiger partial charge in [0.05, 0.1) is 12.2 Å². The van der Waals surface area contributed by atoms with Gasteiger partial charge < -0.3 is 5.11 Å². The van der Waals surface area contributed by atoms with Gasteiger partial charge in [-0.15, -0.1) is 0 Å². The lowest BCUT2D eigenvalue weighted by Crippen LogP contribution is -2.34. The van der Waals surface area contributed by atoms with E-state index in [1.807, 2.05) is 0 Å². The molecule has 0 aromatic carbocycles. The van der Waals surface area contributed by atoms with Crippen LogP contribution in [0, 0.1) is 0 Å². The van der Waals surface area contributed by atoms with Gasteiger partial charge >= 0.3 is 17.8 Å². The standard InChI is InChI=1S/C13H14F3N5O3/c1-19-9(13(14,15)16)5-7(17-19)6-20-12(24)21-8(11(22)23)3-2-4-10(21)18-20/h5,8H,2-4,6H2,1H3,(H,22,23)/t8-/m0/s1. The molecule has 0 aliphatic carbocycles. The summed E-state index contributed by atoms with van der Waals surface area (Å²) in [4.78, 5) is 23.6. The molecule has 1 aliphatic rings. The second-order valence-electron chi connectivity index (χ2n) is 5.61. The maximum absolute atomic E-state index is 12.8. The highest BCUT2D eigenvalue weighted by Crippen LogP contribution is 2.29. The molecule has 0 spiro atoms. The third kappa shape index (κ3) is 2.69. The molecule has 1 N–H and O–H groups in total. The minimum atomic E-state index is -4.55. The van der Waals surface area contributed by atoms with Crippen LogP contribution in [0.1, 0.15) is 36.1 Å². The average Bonchev–Trinajstić information content (AvgIpc) is 3.00. The van der Waals surface area contributed by atoms with Crippen LogP contribution in [0.4, 0.5) is 13.2 Å². The minimum Gasteiger partial charge on any atom is -0.480 e. The van der Waals surface area contributed by atoms with Gasteiger partial charge in [0.25, 0.3) is 0 Å². The summed E-state index contributed by atoms with van der Waals surface area (Å²) in [5, 5.41) is 17.0. The summed E-state index contributed by atoms with van der Waals surface area (Å²) in [6.45, 7) is -0.255. The second kappa shape index (κ2) is 5.49. The molecule has 3 heterocycles. The molecule has 0 saturated carbocycles. The van der Waals surface area contributed by atoms with Gasteiger partial charge in [0, 0.05) is 13.5 Å². The zero-order chi connectivity index (χ0) is 17.6. The van der Waals surface area contributed by atoms with E-state index in [0.29, 0.717) is 29.8 Å². The van der Waals surface area contributed by atoms with Crippen LogP contribution in [-0.4, -0.2) is 35.2 Å². The largest absolute Gasteiger partial charge is 0.480 e. The van der Waals surface area contributed by atoms with Crippen LogP contribution in [0.5, 0.6) is 0 Å². The van der Waals surface area contributed by atoms with Crippen molar-refractivity contribution < 1.29 is 23.1 Å². The van der Waals surface area contributed by atoms with Crippen molar-refractivity contribution in [3.63, 3.8) is 0 Å². The van der Waals surface area contributed by atoms with Crippen LogP contribution in [0.25, 0.3) is 0 Å². The van der Waals surface area contributed by atoms with Gasteiger partial charge in [-0.25, -0.2) is 14.3 Å². The summed E-state index contributed by atoms with van der Waals surface area (Å²) >= 11 is 0. The Morgan fingerprint density at radius 3 is 2.71 bits per heavy atom. The van der Waals surface area contributed by atoms with Crippen molar-refractivity contribution in [2.45, 2.75) is 38.0 Å². The fourth-order valence-electron chi connectivity index (χ4n) is 2.89. The molecule has 0 amide bonds. The number of aryl methyl sites for hydroxylation is 2. The molecule has 11 heteroatoms. The SMILES string of the molecule is Cn1nc(Cn2nc3n(c2=O)[C@H](C(=O)O)CCC3)cc1C(F)(F)F. The van der Waals surface area contributed by atoms with Crippen molar-refractivity contribution in [2.24, 2.45) is 7.05 Å². The number of fused-ring (bicyclic) bond motifs is 1. The quantitative estimate of drug-likeness (QED) is 0.888. The molecule has 0 bridgehead atoms. The van der Waals surface area contributed by atoms with Gasteiger partial charge in [-0.05, 0) is 18.9 Å². The molecule has 1 atom stereocenters. The molecular formula is C13H14F3N5O3. The molecule has 0 saturated heterocycles. The molecule has 0 unspecified atom stereocenters. The zero-order valence-corrected chi connectivity index (χ0v) is 12.6. The van der Waals surface area contributed by atoms with E-state index in [9.17, 15) is 27.9 Å². The molecule has 3 rings (SSSR count). The van der Waals surface area contributed by atoms with E-state index in [0.717, 1.165) is 22.4 Å². The molecule has 0 radical (unpaired) electrons. The summed E-state index contributed by atoms with van der Waals surface area (Å²) in [6.07, 6.45) is -3.21. The average molecular weight is 345 g/mol. The molecule has 2 aromatic heterocycles. The lowest BCUT2D eigenvalue weighted by Gasteiger charge is -2.19. The molecule has 8 nitrogen and oxygen atoms in total. The molecular weight excluding hydrogens is 331 g/mol. The number of aliphatic carboxylic acids is 1. The first-order valence-electron chi connectivity index (χ1n) is 7.19. The Morgan fingerprint density at radius 2 is 2.12 bits per heavy atom. The van der Waals surface area contributed by atoms with Crippen molar-refractivity contribution >= 4 is 5.97 Å². The number of carboxylic acid groups (broad SMARTS) is 1. The van der Waals surface area contributed by atoms with Crippen molar-refractivity contribution in [1.29, 1.82) is 0 Å². The fourth-order valence-corrected chi connectivity index (χ4v) is 2.89. The molecule has 24 heavy (non-hydrogen) atoms. The summed E-state index contributed by atoms with van der Waals surface area (Å²) in [7, 11) is 1.16. The molecule has 2 aromatic rings. The van der Waals surface area contributed by atoms with E-state index < -0.39 is 29.6 Å². The first-order chi connectivity index (χ1) is 11.2. The highest BCUT2D eigenvalue weighted by molar-refractivity contribution is 5.72. The molecule has 0 fully saturated rings. The summed E-state index contributed by atoms with van der Waals surface area (Å²) in [5.41, 5.74) is -1.57. The lowest BCUT2D eigenvalue weighted by atomic mass is 10.1. The van der Waals surface area contributed by atoms with E-state index in [1.165, 1.54) is 0 Å². The summed E-state index contributed by atoms with van der Waals surface area (Å²) in [6, 6.07) is -0.149. The van der Waals surface area contributed by atoms with Crippen molar-refractivity contribution in [3.8, 4) is 0 Å². The topological polar surface area (TPSA) is 94.9 Å². The van der Waals surface area contributed by atoms with Gasteiger partial charge in [0.1, 0.15) is 17.6 Å². The minimum absolute atomic E-state index is 0.0225. The number of alkyl halides is 3. The maximum atomic E-state index is 12.8. The number of hydrogen-bond acceptors (Lipinski definition) is 4. The number of halogens is 3. The highest BCUT2D eigenvalue weighted by Gasteiger charge is 2.35. The number of nitrogens with zero attached hydrogens (tertiary/aromatic N) is 5. The van der Waals surface area contributed by atoms with E-state index in [-0.39, 0.29) is 12.2 Å². The second-order valence-corrected chi connectivity index (χ2v) is 5.61. The third-order valence-corrected chi connectivity index (χ3v) is 3.95. The molecule has 130 valence electrons. The first-order valence-corrected chi connectivity index (χ1v) is 7.19. The van der Waals surface area contributed by atoms with Gasteiger partial charge in [0.15, 0.2) is 0 Å². The number of rotatable bonds is 3. The van der Waals surface area contributed by atoms with E-state index in [1.54, 1.807) is 0 Å². The molecule has 1 aliphatic heterocycles. The van der Waals surface area contributed by atoms with Crippen LogP contribution >= 0.6 is 0 Å². The number of carbonyl (C=O) groups is 1. The fraction of sp³-hybridized carbons (Fsp3) is 0.538. The summed E-state index contributed by atoms with van der Waals surface area (Å²) in [5.74, 6) is -0.805. The summed E-state index contributed by atoms with van der Waals surface area (Å²) < 4.78 is 41.1. The Kier molecular flexibility index (Phi) is 3.73. The number of aromatic nitrogens is 5. The Hall–Kier alpha value is -2.59. The van der Waals surface area contributed by atoms with Crippen LogP contribution in [0.3, 0.4) is 0 Å². The van der Waals surface area contributed by atoms with E-state index >= 15 is 0 Å².